The summed E-state index contributed by atoms with van der Waals surface area (Å²) in [6, 6.07) is 5.61. The van der Waals surface area contributed by atoms with Crippen molar-refractivity contribution in [2.75, 3.05) is 18.4 Å². The van der Waals surface area contributed by atoms with Crippen LogP contribution in [-0.4, -0.2) is 38.8 Å². The van der Waals surface area contributed by atoms with Crippen LogP contribution in [0.5, 0.6) is 0 Å². The number of hydrogen-bond donors (Lipinski definition) is 1. The molecule has 0 aliphatic rings. The number of anilines is 1. The fraction of sp³-hybridized carbons (Fsp3) is 0.444. The van der Waals surface area contributed by atoms with Gasteiger partial charge in [0.1, 0.15) is 17.3 Å². The predicted molar refractivity (Wildman–Crippen MR) is 94.8 cm³/mol. The van der Waals surface area contributed by atoms with Gasteiger partial charge in [-0.1, -0.05) is 13.8 Å². The Balaban J connectivity index is 2.13. The molecule has 0 atom stereocenters. The van der Waals surface area contributed by atoms with E-state index in [1.165, 1.54) is 0 Å². The van der Waals surface area contributed by atoms with E-state index in [1.54, 1.807) is 25.4 Å². The molecule has 6 heteroatoms. The molecule has 2 aromatic rings. The second-order valence-electron chi connectivity index (χ2n) is 5.69. The van der Waals surface area contributed by atoms with Crippen LogP contribution in [-0.2, 0) is 6.54 Å². The van der Waals surface area contributed by atoms with Crippen LogP contribution >= 0.6 is 0 Å². The van der Waals surface area contributed by atoms with E-state index in [9.17, 15) is 4.79 Å². The van der Waals surface area contributed by atoms with E-state index >= 15 is 0 Å². The average Bonchev–Trinajstić information content (AvgIpc) is 2.59. The van der Waals surface area contributed by atoms with E-state index in [4.69, 9.17) is 0 Å². The Morgan fingerprint density at radius 1 is 1.12 bits per heavy atom. The lowest BCUT2D eigenvalue weighted by molar-refractivity contribution is 0.0749. The van der Waals surface area contributed by atoms with Crippen LogP contribution < -0.4 is 5.32 Å². The summed E-state index contributed by atoms with van der Waals surface area (Å²) in [6.07, 6.45) is 5.38. The van der Waals surface area contributed by atoms with Crippen molar-refractivity contribution in [2.45, 2.75) is 40.2 Å². The van der Waals surface area contributed by atoms with Gasteiger partial charge in [0.25, 0.3) is 5.91 Å². The van der Waals surface area contributed by atoms with Crippen LogP contribution in [0.3, 0.4) is 0 Å². The molecule has 0 saturated carbocycles. The number of aryl methyl sites for hydroxylation is 1. The van der Waals surface area contributed by atoms with Gasteiger partial charge in [-0.25, -0.2) is 9.97 Å². The van der Waals surface area contributed by atoms with Gasteiger partial charge in [0.2, 0.25) is 0 Å². The van der Waals surface area contributed by atoms with Crippen molar-refractivity contribution in [3.63, 3.8) is 0 Å². The van der Waals surface area contributed by atoms with Crippen molar-refractivity contribution in [1.29, 1.82) is 0 Å². The molecule has 0 aliphatic heterocycles. The SMILES string of the molecule is CCCN(CCC)C(=O)c1cc(NCc2ccncc2)nc(C)n1. The molecule has 0 spiro atoms. The first-order valence-electron chi connectivity index (χ1n) is 8.41. The standard InChI is InChI=1S/C18H25N5O/c1-4-10-23(11-5-2)18(24)16-12-17(22-14(3)21-16)20-13-15-6-8-19-9-7-15/h6-9,12H,4-5,10-11,13H2,1-3H3,(H,20,21,22). The van der Waals surface area contributed by atoms with Crippen LogP contribution in [0.25, 0.3) is 0 Å². The Morgan fingerprint density at radius 2 is 1.79 bits per heavy atom. The fourth-order valence-electron chi connectivity index (χ4n) is 2.48. The first-order chi connectivity index (χ1) is 11.6. The number of carbonyl (C=O) groups is 1. The van der Waals surface area contributed by atoms with Crippen molar-refractivity contribution in [1.82, 2.24) is 19.9 Å². The Hall–Kier alpha value is -2.50. The van der Waals surface area contributed by atoms with Crippen LogP contribution in [0.1, 0.15) is 48.6 Å². The highest BCUT2D eigenvalue weighted by atomic mass is 16.2. The molecule has 24 heavy (non-hydrogen) atoms. The van der Waals surface area contributed by atoms with Gasteiger partial charge in [-0.2, -0.15) is 0 Å². The maximum atomic E-state index is 12.7. The van der Waals surface area contributed by atoms with Crippen molar-refractivity contribution in [2.24, 2.45) is 0 Å². The van der Waals surface area contributed by atoms with Crippen LogP contribution in [0.4, 0.5) is 5.82 Å². The first kappa shape index (κ1) is 17.8. The van der Waals surface area contributed by atoms with Gasteiger partial charge in [0.15, 0.2) is 0 Å². The van der Waals surface area contributed by atoms with Crippen LogP contribution in [0.2, 0.25) is 0 Å². The van der Waals surface area contributed by atoms with Crippen LogP contribution in [0.15, 0.2) is 30.6 Å². The molecule has 2 rings (SSSR count). The highest BCUT2D eigenvalue weighted by Crippen LogP contribution is 2.11. The summed E-state index contributed by atoms with van der Waals surface area (Å²) in [5.41, 5.74) is 1.55. The molecule has 2 aromatic heterocycles. The number of rotatable bonds is 8. The third-order valence-electron chi connectivity index (χ3n) is 3.55. The molecule has 0 saturated heterocycles. The summed E-state index contributed by atoms with van der Waals surface area (Å²) in [7, 11) is 0. The molecule has 0 fully saturated rings. The first-order valence-corrected chi connectivity index (χ1v) is 8.41. The van der Waals surface area contributed by atoms with Gasteiger partial charge in [0.05, 0.1) is 0 Å². The molecule has 0 aliphatic carbocycles. The maximum absolute atomic E-state index is 12.7. The van der Waals surface area contributed by atoms with Crippen molar-refractivity contribution in [3.05, 3.63) is 47.7 Å². The number of nitrogens with one attached hydrogen (secondary N) is 1. The van der Waals surface area contributed by atoms with E-state index in [0.717, 1.165) is 31.5 Å². The van der Waals surface area contributed by atoms with E-state index in [2.05, 4.69) is 34.1 Å². The van der Waals surface area contributed by atoms with Gasteiger partial charge >= 0.3 is 0 Å². The maximum Gasteiger partial charge on any atom is 0.272 e. The minimum Gasteiger partial charge on any atom is -0.366 e. The van der Waals surface area contributed by atoms with E-state index in [-0.39, 0.29) is 5.91 Å². The molecule has 0 aromatic carbocycles. The fourth-order valence-corrected chi connectivity index (χ4v) is 2.48. The molecular formula is C18H25N5O. The number of carbonyl (C=O) groups excluding carboxylic acids is 1. The molecule has 6 nitrogen and oxygen atoms in total. The van der Waals surface area contributed by atoms with Gasteiger partial charge in [-0.05, 0) is 37.5 Å². The van der Waals surface area contributed by atoms with Crippen molar-refractivity contribution in [3.8, 4) is 0 Å². The smallest absolute Gasteiger partial charge is 0.272 e. The summed E-state index contributed by atoms with van der Waals surface area (Å²) in [6.45, 7) is 8.06. The molecule has 0 bridgehead atoms. The lowest BCUT2D eigenvalue weighted by Gasteiger charge is -2.21. The summed E-state index contributed by atoms with van der Waals surface area (Å²) >= 11 is 0. The Labute approximate surface area is 143 Å². The topological polar surface area (TPSA) is 71.0 Å². The Morgan fingerprint density at radius 3 is 2.42 bits per heavy atom. The highest BCUT2D eigenvalue weighted by molar-refractivity contribution is 5.93. The van der Waals surface area contributed by atoms with E-state index in [0.29, 0.717) is 23.9 Å². The number of pyridine rings is 1. The highest BCUT2D eigenvalue weighted by Gasteiger charge is 2.17. The summed E-state index contributed by atoms with van der Waals surface area (Å²) in [5, 5.41) is 3.25. The molecule has 1 N–H and O–H groups in total. The monoisotopic (exact) mass is 327 g/mol. The zero-order valence-electron chi connectivity index (χ0n) is 14.6. The van der Waals surface area contributed by atoms with Gasteiger partial charge in [-0.15, -0.1) is 0 Å². The van der Waals surface area contributed by atoms with E-state index in [1.807, 2.05) is 17.0 Å². The Kier molecular flexibility index (Phi) is 6.66. The van der Waals surface area contributed by atoms with Crippen molar-refractivity contribution < 1.29 is 4.79 Å². The Bertz CT molecular complexity index is 654. The zero-order valence-corrected chi connectivity index (χ0v) is 14.6. The molecular weight excluding hydrogens is 302 g/mol. The molecule has 128 valence electrons. The lowest BCUT2D eigenvalue weighted by atomic mass is 10.2. The molecule has 0 radical (unpaired) electrons. The summed E-state index contributed by atoms with van der Waals surface area (Å²) < 4.78 is 0. The molecule has 0 unspecified atom stereocenters. The van der Waals surface area contributed by atoms with Gasteiger partial charge in [0, 0.05) is 38.1 Å². The van der Waals surface area contributed by atoms with Crippen LogP contribution in [0, 0.1) is 6.92 Å². The molecule has 2 heterocycles. The largest absolute Gasteiger partial charge is 0.366 e. The second-order valence-corrected chi connectivity index (χ2v) is 5.69. The van der Waals surface area contributed by atoms with E-state index < -0.39 is 0 Å². The third-order valence-corrected chi connectivity index (χ3v) is 3.55. The average molecular weight is 327 g/mol. The second kappa shape index (κ2) is 8.96. The number of hydrogen-bond acceptors (Lipinski definition) is 5. The summed E-state index contributed by atoms with van der Waals surface area (Å²) in [4.78, 5) is 27.3. The minimum absolute atomic E-state index is 0.0313. The molecule has 1 amide bonds. The number of amides is 1. The minimum atomic E-state index is -0.0313. The quantitative estimate of drug-likeness (QED) is 0.807. The van der Waals surface area contributed by atoms with Gasteiger partial charge < -0.3 is 10.2 Å². The number of nitrogens with zero attached hydrogens (tertiary/aromatic N) is 4. The predicted octanol–water partition coefficient (Wildman–Crippen LogP) is 3.05. The summed E-state index contributed by atoms with van der Waals surface area (Å²) in [5.74, 6) is 1.22. The third kappa shape index (κ3) is 5.01. The van der Waals surface area contributed by atoms with Crippen molar-refractivity contribution >= 4 is 11.7 Å². The zero-order chi connectivity index (χ0) is 17.4. The van der Waals surface area contributed by atoms with Gasteiger partial charge in [-0.3, -0.25) is 9.78 Å². The normalized spacial score (nSPS) is 10.5. The number of aromatic nitrogens is 3. The lowest BCUT2D eigenvalue weighted by Crippen LogP contribution is -2.33.